The second-order valence-electron chi connectivity index (χ2n) is 7.93. The van der Waals surface area contributed by atoms with Gasteiger partial charge in [0, 0.05) is 45.2 Å². The number of benzene rings is 1. The van der Waals surface area contributed by atoms with Crippen molar-refractivity contribution in [2.24, 2.45) is 11.8 Å². The molecule has 9 nitrogen and oxygen atoms in total. The molecule has 2 rings (SSSR count). The van der Waals surface area contributed by atoms with Crippen molar-refractivity contribution in [2.75, 3.05) is 38.1 Å². The maximum Gasteiger partial charge on any atom is 0.338 e. The van der Waals surface area contributed by atoms with Gasteiger partial charge in [0.1, 0.15) is 0 Å². The Morgan fingerprint density at radius 1 is 1.09 bits per heavy atom. The Morgan fingerprint density at radius 2 is 1.84 bits per heavy atom. The number of hydrogen-bond acceptors (Lipinski definition) is 5. The first-order valence-corrected chi connectivity index (χ1v) is 11.2. The van der Waals surface area contributed by atoms with Gasteiger partial charge in [-0.3, -0.25) is 9.59 Å². The number of hydrogen-bond donors (Lipinski definition) is 3. The highest BCUT2D eigenvalue weighted by Gasteiger charge is 2.31. The van der Waals surface area contributed by atoms with E-state index in [4.69, 9.17) is 4.74 Å². The van der Waals surface area contributed by atoms with Crippen molar-refractivity contribution in [3.63, 3.8) is 0 Å². The summed E-state index contributed by atoms with van der Waals surface area (Å²) in [5, 5.41) is 8.34. The zero-order valence-electron chi connectivity index (χ0n) is 19.1. The predicted octanol–water partition coefficient (Wildman–Crippen LogP) is 2.39. The maximum absolute atomic E-state index is 12.8. The summed E-state index contributed by atoms with van der Waals surface area (Å²) in [4.78, 5) is 49.6. The molecular weight excluding hydrogens is 412 g/mol. The number of ether oxygens (including phenoxy) is 1. The van der Waals surface area contributed by atoms with Crippen LogP contribution in [0.2, 0.25) is 0 Å². The van der Waals surface area contributed by atoms with Gasteiger partial charge < -0.3 is 25.6 Å². The third-order valence-corrected chi connectivity index (χ3v) is 5.60. The van der Waals surface area contributed by atoms with Crippen LogP contribution in [0.1, 0.15) is 50.4 Å². The molecule has 3 N–H and O–H groups in total. The Hall–Kier alpha value is -3.10. The number of anilines is 1. The van der Waals surface area contributed by atoms with Gasteiger partial charge in [-0.15, -0.1) is 0 Å². The van der Waals surface area contributed by atoms with E-state index >= 15 is 0 Å². The van der Waals surface area contributed by atoms with Crippen molar-refractivity contribution in [3.8, 4) is 0 Å². The fourth-order valence-corrected chi connectivity index (χ4v) is 3.89. The first-order valence-electron chi connectivity index (χ1n) is 11.2. The second kappa shape index (κ2) is 12.7. The van der Waals surface area contributed by atoms with Gasteiger partial charge in [0.25, 0.3) is 0 Å². The molecule has 1 aliphatic heterocycles. The van der Waals surface area contributed by atoms with Crippen LogP contribution in [0.4, 0.5) is 10.5 Å². The minimum absolute atomic E-state index is 0.0347. The number of carbonyl (C=O) groups is 4. The van der Waals surface area contributed by atoms with E-state index in [9.17, 15) is 19.2 Å². The summed E-state index contributed by atoms with van der Waals surface area (Å²) in [7, 11) is 0. The standard InChI is InChI=1S/C23H34N4O5/c1-4-17-15-27(12-9-18(17)14-21(29)25-11-10-24-16(3)28)23(31)26-20-8-6-7-19(13-20)22(30)32-5-2/h6-8,13,17-18H,4-5,9-12,14-15H2,1-3H3,(H,24,28)(H,25,29)(H,26,31). The molecule has 2 unspecified atom stereocenters. The Labute approximate surface area is 189 Å². The Kier molecular flexibility index (Phi) is 9.97. The summed E-state index contributed by atoms with van der Waals surface area (Å²) < 4.78 is 5.00. The average Bonchev–Trinajstić information content (AvgIpc) is 2.77. The number of nitrogens with one attached hydrogen (secondary N) is 3. The Morgan fingerprint density at radius 3 is 2.53 bits per heavy atom. The Bertz CT molecular complexity index is 813. The van der Waals surface area contributed by atoms with Crippen molar-refractivity contribution in [1.82, 2.24) is 15.5 Å². The van der Waals surface area contributed by atoms with Crippen LogP contribution in [-0.4, -0.2) is 61.5 Å². The van der Waals surface area contributed by atoms with Crippen LogP contribution in [0.3, 0.4) is 0 Å². The van der Waals surface area contributed by atoms with Crippen LogP contribution >= 0.6 is 0 Å². The normalized spacial score (nSPS) is 17.9. The van der Waals surface area contributed by atoms with E-state index < -0.39 is 5.97 Å². The van der Waals surface area contributed by atoms with E-state index in [1.807, 2.05) is 0 Å². The van der Waals surface area contributed by atoms with Gasteiger partial charge in [-0.1, -0.05) is 19.4 Å². The number of urea groups is 1. The molecule has 1 saturated heterocycles. The van der Waals surface area contributed by atoms with Crippen LogP contribution in [0.5, 0.6) is 0 Å². The highest BCUT2D eigenvalue weighted by molar-refractivity contribution is 5.94. The van der Waals surface area contributed by atoms with Gasteiger partial charge in [0.15, 0.2) is 0 Å². The van der Waals surface area contributed by atoms with Crippen LogP contribution in [-0.2, 0) is 14.3 Å². The van der Waals surface area contributed by atoms with Crippen molar-refractivity contribution >= 4 is 29.5 Å². The first-order chi connectivity index (χ1) is 15.3. The lowest BCUT2D eigenvalue weighted by molar-refractivity contribution is -0.123. The molecule has 4 amide bonds. The molecule has 2 atom stereocenters. The number of rotatable bonds is 9. The molecule has 32 heavy (non-hydrogen) atoms. The van der Waals surface area contributed by atoms with E-state index in [0.717, 1.165) is 12.8 Å². The van der Waals surface area contributed by atoms with Crippen molar-refractivity contribution < 1.29 is 23.9 Å². The third kappa shape index (κ3) is 7.86. The van der Waals surface area contributed by atoms with Gasteiger partial charge in [-0.25, -0.2) is 9.59 Å². The molecule has 0 aromatic heterocycles. The van der Waals surface area contributed by atoms with E-state index in [1.54, 1.807) is 36.1 Å². The molecule has 0 aliphatic carbocycles. The molecule has 9 heteroatoms. The number of piperidine rings is 1. The molecular formula is C23H34N4O5. The molecule has 1 aromatic rings. The van der Waals surface area contributed by atoms with Gasteiger partial charge in [-0.2, -0.15) is 0 Å². The molecule has 1 aromatic carbocycles. The maximum atomic E-state index is 12.8. The second-order valence-corrected chi connectivity index (χ2v) is 7.93. The molecule has 1 aliphatic rings. The topological polar surface area (TPSA) is 117 Å². The monoisotopic (exact) mass is 446 g/mol. The summed E-state index contributed by atoms with van der Waals surface area (Å²) in [6.45, 7) is 7.48. The summed E-state index contributed by atoms with van der Waals surface area (Å²) in [5.74, 6) is -0.153. The molecule has 0 radical (unpaired) electrons. The quantitative estimate of drug-likeness (QED) is 0.398. The Balaban J connectivity index is 1.86. The number of carbonyl (C=O) groups excluding carboxylic acids is 4. The average molecular weight is 447 g/mol. The number of nitrogens with zero attached hydrogens (tertiary/aromatic N) is 1. The molecule has 176 valence electrons. The van der Waals surface area contributed by atoms with Crippen LogP contribution in [0.25, 0.3) is 0 Å². The van der Waals surface area contributed by atoms with E-state index in [1.165, 1.54) is 6.92 Å². The zero-order valence-corrected chi connectivity index (χ0v) is 19.1. The highest BCUT2D eigenvalue weighted by Crippen LogP contribution is 2.29. The van der Waals surface area contributed by atoms with Crippen LogP contribution in [0, 0.1) is 11.8 Å². The van der Waals surface area contributed by atoms with E-state index in [2.05, 4.69) is 22.9 Å². The van der Waals surface area contributed by atoms with E-state index in [-0.39, 0.29) is 36.3 Å². The predicted molar refractivity (Wildman–Crippen MR) is 121 cm³/mol. The summed E-state index contributed by atoms with van der Waals surface area (Å²) in [6, 6.07) is 6.46. The van der Waals surface area contributed by atoms with Gasteiger partial charge in [0.05, 0.1) is 12.2 Å². The first kappa shape index (κ1) is 25.2. The fourth-order valence-electron chi connectivity index (χ4n) is 3.89. The number of likely N-dealkylation sites (tertiary alicyclic amines) is 1. The smallest absolute Gasteiger partial charge is 0.338 e. The number of esters is 1. The lowest BCUT2D eigenvalue weighted by Crippen LogP contribution is -2.46. The zero-order chi connectivity index (χ0) is 23.5. The van der Waals surface area contributed by atoms with Crippen LogP contribution < -0.4 is 16.0 Å². The molecule has 0 bridgehead atoms. The molecule has 0 saturated carbocycles. The van der Waals surface area contributed by atoms with Crippen LogP contribution in [0.15, 0.2) is 24.3 Å². The molecule has 1 fully saturated rings. The van der Waals surface area contributed by atoms with Gasteiger partial charge >= 0.3 is 12.0 Å². The minimum atomic E-state index is -0.425. The highest BCUT2D eigenvalue weighted by atomic mass is 16.5. The van der Waals surface area contributed by atoms with Crippen molar-refractivity contribution in [3.05, 3.63) is 29.8 Å². The van der Waals surface area contributed by atoms with Crippen molar-refractivity contribution in [1.29, 1.82) is 0 Å². The minimum Gasteiger partial charge on any atom is -0.462 e. The SMILES string of the molecule is CCOC(=O)c1cccc(NC(=O)N2CCC(CC(=O)NCCNC(C)=O)C(CC)C2)c1. The summed E-state index contributed by atoms with van der Waals surface area (Å²) in [6.07, 6.45) is 2.02. The summed E-state index contributed by atoms with van der Waals surface area (Å²) >= 11 is 0. The fraction of sp³-hybridized carbons (Fsp3) is 0.565. The van der Waals surface area contributed by atoms with Crippen molar-refractivity contribution in [2.45, 2.75) is 40.0 Å². The lowest BCUT2D eigenvalue weighted by Gasteiger charge is -2.38. The third-order valence-electron chi connectivity index (χ3n) is 5.60. The number of amides is 4. The molecule has 1 heterocycles. The van der Waals surface area contributed by atoms with E-state index in [0.29, 0.717) is 43.9 Å². The lowest BCUT2D eigenvalue weighted by atomic mass is 9.81. The molecule has 0 spiro atoms. The van der Waals surface area contributed by atoms with Gasteiger partial charge in [0.2, 0.25) is 11.8 Å². The summed E-state index contributed by atoms with van der Waals surface area (Å²) in [5.41, 5.74) is 0.925. The van der Waals surface area contributed by atoms with Gasteiger partial charge in [-0.05, 0) is 43.4 Å². The largest absolute Gasteiger partial charge is 0.462 e.